The lowest BCUT2D eigenvalue weighted by atomic mass is 9.81. The highest BCUT2D eigenvalue weighted by Crippen LogP contribution is 2.33. The van der Waals surface area contributed by atoms with Gasteiger partial charge in [-0.15, -0.1) is 0 Å². The van der Waals surface area contributed by atoms with E-state index in [1.54, 1.807) is 13.3 Å². The van der Waals surface area contributed by atoms with Crippen molar-refractivity contribution in [2.75, 3.05) is 26.7 Å². The lowest BCUT2D eigenvalue weighted by Crippen LogP contribution is -2.44. The standard InChI is InChI=1S/C27H35N3O4/c1-29-14-3-5-20(29)6-4-15-30-16-12-19(24(18-30)27(32)33)7-10-26(31)22-11-13-28-25-9-8-21(34-2)17-23(22)25/h3,5,8-9,11,13-14,17,19,24,26,31H,4,6-7,10,12,15-16,18H2,1-2H3,(H,32,33)/t19-,24+,26+/m1/s1. The second-order valence-corrected chi connectivity index (χ2v) is 9.38. The fourth-order valence-electron chi connectivity index (χ4n) is 5.23. The molecule has 4 rings (SSSR count). The first-order valence-electron chi connectivity index (χ1n) is 12.1. The zero-order valence-corrected chi connectivity index (χ0v) is 20.1. The summed E-state index contributed by atoms with van der Waals surface area (Å²) < 4.78 is 7.48. The number of nitrogens with zero attached hydrogens (tertiary/aromatic N) is 3. The number of carbonyl (C=O) groups is 1. The molecular weight excluding hydrogens is 430 g/mol. The van der Waals surface area contributed by atoms with Crippen molar-refractivity contribution in [3.05, 3.63) is 60.0 Å². The van der Waals surface area contributed by atoms with Crippen molar-refractivity contribution in [1.82, 2.24) is 14.5 Å². The van der Waals surface area contributed by atoms with E-state index in [2.05, 4.69) is 39.8 Å². The summed E-state index contributed by atoms with van der Waals surface area (Å²) in [5.41, 5.74) is 2.93. The molecule has 3 heterocycles. The summed E-state index contributed by atoms with van der Waals surface area (Å²) in [6.07, 6.45) is 7.17. The molecule has 1 aromatic carbocycles. The Bertz CT molecular complexity index is 1110. The number of piperidine rings is 1. The molecule has 0 bridgehead atoms. The van der Waals surface area contributed by atoms with Crippen LogP contribution >= 0.6 is 0 Å². The number of ether oxygens (including phenoxy) is 1. The number of pyridine rings is 1. The fraction of sp³-hybridized carbons (Fsp3) is 0.481. The summed E-state index contributed by atoms with van der Waals surface area (Å²) in [4.78, 5) is 18.7. The number of aliphatic carboxylic acids is 1. The Kier molecular flexibility index (Phi) is 7.85. The van der Waals surface area contributed by atoms with E-state index in [0.717, 1.165) is 54.6 Å². The molecule has 2 N–H and O–H groups in total. The molecule has 1 aliphatic heterocycles. The van der Waals surface area contributed by atoms with Gasteiger partial charge in [-0.2, -0.15) is 0 Å². The molecule has 182 valence electrons. The smallest absolute Gasteiger partial charge is 0.308 e. The summed E-state index contributed by atoms with van der Waals surface area (Å²) in [7, 11) is 3.68. The molecule has 0 aliphatic carbocycles. The summed E-state index contributed by atoms with van der Waals surface area (Å²) in [5.74, 6) is -0.339. The summed E-state index contributed by atoms with van der Waals surface area (Å²) >= 11 is 0. The Morgan fingerprint density at radius 3 is 2.88 bits per heavy atom. The molecule has 1 aliphatic rings. The number of aliphatic hydroxyl groups is 1. The second kappa shape index (κ2) is 11.0. The maximum Gasteiger partial charge on any atom is 0.308 e. The Balaban J connectivity index is 1.34. The normalized spacial score (nSPS) is 19.9. The summed E-state index contributed by atoms with van der Waals surface area (Å²) in [5, 5.41) is 21.8. The van der Waals surface area contributed by atoms with E-state index in [1.165, 1.54) is 5.69 Å². The fourth-order valence-corrected chi connectivity index (χ4v) is 5.23. The van der Waals surface area contributed by atoms with Crippen LogP contribution in [-0.2, 0) is 18.3 Å². The quantitative estimate of drug-likeness (QED) is 0.470. The molecule has 0 amide bonds. The zero-order valence-electron chi connectivity index (χ0n) is 20.1. The number of methoxy groups -OCH3 is 1. The van der Waals surface area contributed by atoms with Gasteiger partial charge in [-0.3, -0.25) is 9.78 Å². The minimum atomic E-state index is -0.731. The number of hydrogen-bond acceptors (Lipinski definition) is 5. The highest BCUT2D eigenvalue weighted by molar-refractivity contribution is 5.83. The molecule has 3 aromatic rings. The van der Waals surface area contributed by atoms with Crippen LogP contribution in [0.25, 0.3) is 10.9 Å². The van der Waals surface area contributed by atoms with E-state index in [9.17, 15) is 15.0 Å². The average Bonchev–Trinajstić information content (AvgIpc) is 3.26. The number of hydrogen-bond donors (Lipinski definition) is 2. The molecular formula is C27H35N3O4. The molecule has 0 spiro atoms. The van der Waals surface area contributed by atoms with Crippen molar-refractivity contribution in [2.24, 2.45) is 18.9 Å². The minimum absolute atomic E-state index is 0.0684. The molecule has 0 unspecified atom stereocenters. The Hall–Kier alpha value is -2.90. The Morgan fingerprint density at radius 2 is 2.15 bits per heavy atom. The van der Waals surface area contributed by atoms with Crippen molar-refractivity contribution in [1.29, 1.82) is 0 Å². The molecule has 1 saturated heterocycles. The first-order chi connectivity index (χ1) is 16.5. The molecule has 0 radical (unpaired) electrons. The van der Waals surface area contributed by atoms with E-state index in [-0.39, 0.29) is 5.92 Å². The SMILES string of the molecule is COc1ccc2nccc([C@@H](O)CC[C@@H]3CCN(CCCc4cccn4C)C[C@@H]3C(=O)O)c2c1. The topological polar surface area (TPSA) is 87.8 Å². The number of aliphatic hydroxyl groups excluding tert-OH is 1. The molecule has 2 aromatic heterocycles. The van der Waals surface area contributed by atoms with E-state index >= 15 is 0 Å². The van der Waals surface area contributed by atoms with Gasteiger partial charge in [0.15, 0.2) is 0 Å². The summed E-state index contributed by atoms with van der Waals surface area (Å²) in [6, 6.07) is 11.7. The van der Waals surface area contributed by atoms with E-state index in [1.807, 2.05) is 24.3 Å². The van der Waals surface area contributed by atoms with E-state index in [4.69, 9.17) is 4.74 Å². The number of aryl methyl sites for hydroxylation is 2. The van der Waals surface area contributed by atoms with Gasteiger partial charge in [0.2, 0.25) is 0 Å². The monoisotopic (exact) mass is 465 g/mol. The lowest BCUT2D eigenvalue weighted by molar-refractivity contribution is -0.146. The maximum absolute atomic E-state index is 12.1. The number of carboxylic acids is 1. The molecule has 7 nitrogen and oxygen atoms in total. The van der Waals surface area contributed by atoms with Gasteiger partial charge < -0.3 is 24.4 Å². The van der Waals surface area contributed by atoms with Crippen molar-refractivity contribution < 1.29 is 19.7 Å². The van der Waals surface area contributed by atoms with Crippen LogP contribution in [0, 0.1) is 11.8 Å². The third kappa shape index (κ3) is 5.59. The van der Waals surface area contributed by atoms with Gasteiger partial charge in [-0.25, -0.2) is 0 Å². The van der Waals surface area contributed by atoms with Crippen molar-refractivity contribution in [3.63, 3.8) is 0 Å². The van der Waals surface area contributed by atoms with Crippen LogP contribution in [0.2, 0.25) is 0 Å². The molecule has 0 saturated carbocycles. The van der Waals surface area contributed by atoms with Crippen LogP contribution in [0.3, 0.4) is 0 Å². The van der Waals surface area contributed by atoms with Gasteiger partial charge in [-0.05, 0) is 93.1 Å². The van der Waals surface area contributed by atoms with Crippen molar-refractivity contribution in [2.45, 2.75) is 38.2 Å². The number of rotatable bonds is 10. The third-order valence-electron chi connectivity index (χ3n) is 7.27. The lowest BCUT2D eigenvalue weighted by Gasteiger charge is -2.37. The number of benzene rings is 1. The minimum Gasteiger partial charge on any atom is -0.497 e. The molecule has 1 fully saturated rings. The Morgan fingerprint density at radius 1 is 1.29 bits per heavy atom. The number of aromatic nitrogens is 2. The number of likely N-dealkylation sites (tertiary alicyclic amines) is 1. The zero-order chi connectivity index (χ0) is 24.1. The third-order valence-corrected chi connectivity index (χ3v) is 7.27. The molecule has 34 heavy (non-hydrogen) atoms. The number of carboxylic acid groups (broad SMARTS) is 1. The first kappa shape index (κ1) is 24.2. The largest absolute Gasteiger partial charge is 0.497 e. The van der Waals surface area contributed by atoms with E-state index < -0.39 is 18.0 Å². The average molecular weight is 466 g/mol. The molecule has 7 heteroatoms. The number of fused-ring (bicyclic) bond motifs is 1. The van der Waals surface area contributed by atoms with Crippen LogP contribution < -0.4 is 4.74 Å². The van der Waals surface area contributed by atoms with E-state index in [0.29, 0.717) is 19.4 Å². The summed E-state index contributed by atoms with van der Waals surface area (Å²) in [6.45, 7) is 2.40. The van der Waals surface area contributed by atoms with Gasteiger partial charge in [-0.1, -0.05) is 0 Å². The predicted molar refractivity (Wildman–Crippen MR) is 132 cm³/mol. The van der Waals surface area contributed by atoms with Gasteiger partial charge in [0.05, 0.1) is 24.6 Å². The van der Waals surface area contributed by atoms with Crippen molar-refractivity contribution in [3.8, 4) is 5.75 Å². The van der Waals surface area contributed by atoms with Crippen molar-refractivity contribution >= 4 is 16.9 Å². The van der Waals surface area contributed by atoms with Gasteiger partial charge in [0.25, 0.3) is 0 Å². The van der Waals surface area contributed by atoms with Crippen LogP contribution in [0.15, 0.2) is 48.8 Å². The van der Waals surface area contributed by atoms with Crippen LogP contribution in [0.1, 0.15) is 43.0 Å². The van der Waals surface area contributed by atoms with Gasteiger partial charge in [0.1, 0.15) is 5.75 Å². The molecule has 3 atom stereocenters. The second-order valence-electron chi connectivity index (χ2n) is 9.38. The van der Waals surface area contributed by atoms with Crippen LogP contribution in [0.5, 0.6) is 5.75 Å². The highest BCUT2D eigenvalue weighted by Gasteiger charge is 2.34. The highest BCUT2D eigenvalue weighted by atomic mass is 16.5. The Labute approximate surface area is 201 Å². The first-order valence-corrected chi connectivity index (χ1v) is 12.1. The maximum atomic E-state index is 12.1. The predicted octanol–water partition coefficient (Wildman–Crippen LogP) is 4.05. The van der Waals surface area contributed by atoms with Gasteiger partial charge >= 0.3 is 5.97 Å². The van der Waals surface area contributed by atoms with Crippen LogP contribution in [0.4, 0.5) is 0 Å². The van der Waals surface area contributed by atoms with Gasteiger partial charge in [0, 0.05) is 37.1 Å². The van der Waals surface area contributed by atoms with Crippen LogP contribution in [-0.4, -0.2) is 57.4 Å².